The first-order chi connectivity index (χ1) is 11.7. The van der Waals surface area contributed by atoms with Crippen LogP contribution in [0.3, 0.4) is 0 Å². The Balaban J connectivity index is 1.96. The van der Waals surface area contributed by atoms with Crippen molar-refractivity contribution in [2.45, 2.75) is 18.9 Å². The van der Waals surface area contributed by atoms with Crippen LogP contribution < -0.4 is 5.32 Å². The molecule has 0 fully saturated rings. The Bertz CT molecular complexity index is 927. The number of fused-ring (bicyclic) bond motifs is 1. The Morgan fingerprint density at radius 3 is 2.72 bits per heavy atom. The number of Topliss-reactive ketones (excluding diaryl/α,β-unsaturated/α-hetero) is 1. The van der Waals surface area contributed by atoms with Crippen LogP contribution in [-0.4, -0.2) is 21.7 Å². The topological polar surface area (TPSA) is 110 Å². The summed E-state index contributed by atoms with van der Waals surface area (Å²) in [7, 11) is 0. The molecule has 3 rings (SSSR count). The first-order valence-electron chi connectivity index (χ1n) is 7.34. The zero-order valence-electron chi connectivity index (χ0n) is 13.1. The minimum atomic E-state index is -2.02. The number of nitrogens with one attached hydrogen (secondary N) is 1. The molecule has 8 heteroatoms. The molecular weight excluding hydrogens is 392 g/mol. The number of carbonyl (C=O) groups excluding carboxylic acids is 2. The standard InChI is InChI=1S/C17H13BrN2O5/c1-9-2-3-10(6-14(9)20(24)25)15(21)8-17(23)12-7-11(18)4-5-13(12)19-16(17)22/h2-7,23H,8H2,1H3,(H,19,22). The Morgan fingerprint density at radius 1 is 1.32 bits per heavy atom. The lowest BCUT2D eigenvalue weighted by Gasteiger charge is -2.20. The van der Waals surface area contributed by atoms with Crippen LogP contribution in [0, 0.1) is 17.0 Å². The average Bonchev–Trinajstić information content (AvgIpc) is 2.78. The molecule has 25 heavy (non-hydrogen) atoms. The van der Waals surface area contributed by atoms with Gasteiger partial charge in [-0.1, -0.05) is 28.1 Å². The van der Waals surface area contributed by atoms with Crippen LogP contribution in [0.25, 0.3) is 0 Å². The highest BCUT2D eigenvalue weighted by molar-refractivity contribution is 9.10. The number of benzene rings is 2. The molecule has 1 amide bonds. The highest BCUT2D eigenvalue weighted by atomic mass is 79.9. The van der Waals surface area contributed by atoms with Crippen molar-refractivity contribution in [3.8, 4) is 0 Å². The van der Waals surface area contributed by atoms with E-state index < -0.39 is 28.6 Å². The van der Waals surface area contributed by atoms with Crippen molar-refractivity contribution in [1.82, 2.24) is 0 Å². The molecule has 2 N–H and O–H groups in total. The minimum absolute atomic E-state index is 0.0713. The van der Waals surface area contributed by atoms with Gasteiger partial charge in [-0.3, -0.25) is 19.7 Å². The lowest BCUT2D eigenvalue weighted by molar-refractivity contribution is -0.385. The first-order valence-corrected chi connectivity index (χ1v) is 8.14. The number of anilines is 1. The van der Waals surface area contributed by atoms with Gasteiger partial charge in [-0.05, 0) is 25.1 Å². The summed E-state index contributed by atoms with van der Waals surface area (Å²) in [5.41, 5.74) is -0.984. The predicted octanol–water partition coefficient (Wildman–Crippen LogP) is 3.08. The van der Waals surface area contributed by atoms with Crippen LogP contribution >= 0.6 is 15.9 Å². The molecule has 128 valence electrons. The summed E-state index contributed by atoms with van der Waals surface area (Å²) in [5.74, 6) is -1.26. The second-order valence-electron chi connectivity index (χ2n) is 5.86. The van der Waals surface area contributed by atoms with E-state index in [1.165, 1.54) is 12.1 Å². The van der Waals surface area contributed by atoms with Crippen molar-refractivity contribution in [3.05, 3.63) is 67.7 Å². The highest BCUT2D eigenvalue weighted by Crippen LogP contribution is 2.40. The molecule has 0 bridgehead atoms. The molecule has 0 saturated heterocycles. The van der Waals surface area contributed by atoms with Gasteiger partial charge in [0.15, 0.2) is 11.4 Å². The number of rotatable bonds is 4. The number of amides is 1. The van der Waals surface area contributed by atoms with Crippen molar-refractivity contribution < 1.29 is 19.6 Å². The van der Waals surface area contributed by atoms with Crippen LogP contribution in [-0.2, 0) is 10.4 Å². The van der Waals surface area contributed by atoms with Gasteiger partial charge in [-0.25, -0.2) is 0 Å². The zero-order chi connectivity index (χ0) is 18.4. The lowest BCUT2D eigenvalue weighted by Crippen LogP contribution is -2.36. The monoisotopic (exact) mass is 404 g/mol. The summed E-state index contributed by atoms with van der Waals surface area (Å²) in [6.07, 6.45) is -0.511. The third kappa shape index (κ3) is 2.94. The van der Waals surface area contributed by atoms with Gasteiger partial charge < -0.3 is 10.4 Å². The van der Waals surface area contributed by atoms with E-state index in [4.69, 9.17) is 0 Å². The van der Waals surface area contributed by atoms with Gasteiger partial charge in [-0.15, -0.1) is 0 Å². The maximum absolute atomic E-state index is 12.6. The smallest absolute Gasteiger partial charge is 0.273 e. The summed E-state index contributed by atoms with van der Waals surface area (Å²) in [4.78, 5) is 35.2. The molecular formula is C17H13BrN2O5. The maximum atomic E-state index is 12.6. The number of carbonyl (C=O) groups is 2. The molecule has 1 aliphatic rings. The Hall–Kier alpha value is -2.58. The van der Waals surface area contributed by atoms with E-state index in [-0.39, 0.29) is 11.3 Å². The largest absolute Gasteiger partial charge is 0.375 e. The fourth-order valence-electron chi connectivity index (χ4n) is 2.81. The van der Waals surface area contributed by atoms with E-state index in [0.29, 0.717) is 21.3 Å². The van der Waals surface area contributed by atoms with Crippen LogP contribution in [0.1, 0.15) is 27.9 Å². The number of halogens is 1. The maximum Gasteiger partial charge on any atom is 0.273 e. The second kappa shape index (κ2) is 6.05. The van der Waals surface area contributed by atoms with E-state index >= 15 is 0 Å². The third-order valence-corrected chi connectivity index (χ3v) is 4.69. The van der Waals surface area contributed by atoms with Gasteiger partial charge in [0, 0.05) is 32.9 Å². The molecule has 1 heterocycles. The summed E-state index contributed by atoms with van der Waals surface area (Å²) >= 11 is 3.27. The summed E-state index contributed by atoms with van der Waals surface area (Å²) in [5, 5.41) is 24.4. The molecule has 0 saturated carbocycles. The van der Waals surface area contributed by atoms with Crippen molar-refractivity contribution >= 4 is 39.0 Å². The Kier molecular flexibility index (Phi) is 4.18. The summed E-state index contributed by atoms with van der Waals surface area (Å²) in [6, 6.07) is 8.97. The fraction of sp³-hybridized carbons (Fsp3) is 0.176. The van der Waals surface area contributed by atoms with E-state index in [1.807, 2.05) is 0 Å². The molecule has 7 nitrogen and oxygen atoms in total. The van der Waals surface area contributed by atoms with Crippen LogP contribution in [0.5, 0.6) is 0 Å². The van der Waals surface area contributed by atoms with Crippen molar-refractivity contribution in [3.63, 3.8) is 0 Å². The number of hydrogen-bond acceptors (Lipinski definition) is 5. The average molecular weight is 405 g/mol. The predicted molar refractivity (Wildman–Crippen MR) is 93.4 cm³/mol. The number of nitrogens with zero attached hydrogens (tertiary/aromatic N) is 1. The molecule has 0 aromatic heterocycles. The summed E-state index contributed by atoms with van der Waals surface area (Å²) in [6.45, 7) is 1.57. The summed E-state index contributed by atoms with van der Waals surface area (Å²) < 4.78 is 0.652. The molecule has 1 unspecified atom stereocenters. The SMILES string of the molecule is Cc1ccc(C(=O)CC2(O)C(=O)Nc3ccc(Br)cc32)cc1[N+](=O)[O-]. The number of ketones is 1. The van der Waals surface area contributed by atoms with Gasteiger partial charge in [-0.2, -0.15) is 0 Å². The van der Waals surface area contributed by atoms with Gasteiger partial charge >= 0.3 is 0 Å². The third-order valence-electron chi connectivity index (χ3n) is 4.20. The molecule has 0 aliphatic carbocycles. The lowest BCUT2D eigenvalue weighted by atomic mass is 9.88. The zero-order valence-corrected chi connectivity index (χ0v) is 14.7. The highest BCUT2D eigenvalue weighted by Gasteiger charge is 2.47. The molecule has 2 aromatic rings. The van der Waals surface area contributed by atoms with Crippen molar-refractivity contribution in [2.24, 2.45) is 0 Å². The molecule has 0 spiro atoms. The van der Waals surface area contributed by atoms with E-state index in [9.17, 15) is 24.8 Å². The normalized spacial score (nSPS) is 18.6. The van der Waals surface area contributed by atoms with E-state index in [2.05, 4.69) is 21.2 Å². The van der Waals surface area contributed by atoms with Crippen LogP contribution in [0.2, 0.25) is 0 Å². The number of nitro groups is 1. The number of hydrogen-bond donors (Lipinski definition) is 2. The first kappa shape index (κ1) is 17.2. The Morgan fingerprint density at radius 2 is 2.04 bits per heavy atom. The van der Waals surface area contributed by atoms with Gasteiger partial charge in [0.25, 0.3) is 11.6 Å². The van der Waals surface area contributed by atoms with Crippen LogP contribution in [0.15, 0.2) is 40.9 Å². The fourth-order valence-corrected chi connectivity index (χ4v) is 3.17. The minimum Gasteiger partial charge on any atom is -0.375 e. The van der Waals surface area contributed by atoms with Gasteiger partial charge in [0.2, 0.25) is 0 Å². The van der Waals surface area contributed by atoms with Gasteiger partial charge in [0.05, 0.1) is 11.3 Å². The Labute approximate surface area is 150 Å². The number of nitro benzene ring substituents is 1. The van der Waals surface area contributed by atoms with Crippen LogP contribution in [0.4, 0.5) is 11.4 Å². The van der Waals surface area contributed by atoms with Gasteiger partial charge in [0.1, 0.15) is 0 Å². The van der Waals surface area contributed by atoms with E-state index in [0.717, 1.165) is 6.07 Å². The quantitative estimate of drug-likeness (QED) is 0.462. The van der Waals surface area contributed by atoms with Crippen molar-refractivity contribution in [2.75, 3.05) is 5.32 Å². The number of aryl methyl sites for hydroxylation is 1. The molecule has 0 radical (unpaired) electrons. The molecule has 2 aromatic carbocycles. The number of aliphatic hydroxyl groups is 1. The molecule has 1 atom stereocenters. The van der Waals surface area contributed by atoms with E-state index in [1.54, 1.807) is 25.1 Å². The second-order valence-corrected chi connectivity index (χ2v) is 6.78. The van der Waals surface area contributed by atoms with Crippen molar-refractivity contribution in [1.29, 1.82) is 0 Å². The molecule has 1 aliphatic heterocycles.